The van der Waals surface area contributed by atoms with Crippen molar-refractivity contribution < 1.29 is 9.53 Å². The zero-order valence-corrected chi connectivity index (χ0v) is 15.0. The summed E-state index contributed by atoms with van der Waals surface area (Å²) in [7, 11) is 0. The molecule has 0 saturated heterocycles. The third-order valence-electron chi connectivity index (χ3n) is 3.94. The van der Waals surface area contributed by atoms with Gasteiger partial charge in [0.05, 0.1) is 12.1 Å². The van der Waals surface area contributed by atoms with Gasteiger partial charge >= 0.3 is 0 Å². The molecule has 0 spiro atoms. The summed E-state index contributed by atoms with van der Waals surface area (Å²) >= 11 is 0. The molecule has 0 saturated carbocycles. The highest BCUT2D eigenvalue weighted by molar-refractivity contribution is 5.94. The highest BCUT2D eigenvalue weighted by Crippen LogP contribution is 2.20. The summed E-state index contributed by atoms with van der Waals surface area (Å²) in [5, 5.41) is 2.85. The fraction of sp³-hybridized carbons (Fsp3) is 0.250. The van der Waals surface area contributed by atoms with Crippen molar-refractivity contribution in [3.63, 3.8) is 0 Å². The Kier molecular flexibility index (Phi) is 5.02. The Labute approximate surface area is 151 Å². The maximum absolute atomic E-state index is 12.6. The first-order valence-electron chi connectivity index (χ1n) is 8.49. The molecule has 0 bridgehead atoms. The molecule has 3 aromatic rings. The Morgan fingerprint density at radius 3 is 2.73 bits per heavy atom. The standard InChI is InChI=1S/C20H21N3O3/c1-13(2)26-16-8-6-7-15(11-16)14(3)22-19(24)17-12-21-18-9-4-5-10-23(18)20(17)25/h4-14H,1-3H3,(H,22,24). The minimum atomic E-state index is -0.455. The fourth-order valence-corrected chi connectivity index (χ4v) is 2.67. The smallest absolute Gasteiger partial charge is 0.270 e. The van der Waals surface area contributed by atoms with E-state index in [0.717, 1.165) is 11.3 Å². The number of carbonyl (C=O) groups is 1. The average Bonchev–Trinajstić information content (AvgIpc) is 2.61. The van der Waals surface area contributed by atoms with Crippen LogP contribution in [0.1, 0.15) is 42.7 Å². The van der Waals surface area contributed by atoms with E-state index in [-0.39, 0.29) is 17.7 Å². The molecule has 0 fully saturated rings. The SMILES string of the molecule is CC(C)Oc1cccc(C(C)NC(=O)c2cnc3ccccn3c2=O)c1. The summed E-state index contributed by atoms with van der Waals surface area (Å²) in [5.74, 6) is 0.287. The van der Waals surface area contributed by atoms with Crippen LogP contribution >= 0.6 is 0 Å². The number of aromatic nitrogens is 2. The molecular weight excluding hydrogens is 330 g/mol. The van der Waals surface area contributed by atoms with Gasteiger partial charge in [-0.2, -0.15) is 0 Å². The van der Waals surface area contributed by atoms with Crippen LogP contribution in [0.5, 0.6) is 5.75 Å². The van der Waals surface area contributed by atoms with Gasteiger partial charge in [0.15, 0.2) is 0 Å². The van der Waals surface area contributed by atoms with E-state index in [1.807, 2.05) is 45.0 Å². The Hall–Kier alpha value is -3.15. The Bertz CT molecular complexity index is 995. The van der Waals surface area contributed by atoms with Gasteiger partial charge in [0.25, 0.3) is 11.5 Å². The van der Waals surface area contributed by atoms with Gasteiger partial charge in [-0.3, -0.25) is 14.0 Å². The minimum absolute atomic E-state index is 0.00938. The molecule has 1 unspecified atom stereocenters. The van der Waals surface area contributed by atoms with Crippen molar-refractivity contribution in [1.82, 2.24) is 14.7 Å². The van der Waals surface area contributed by atoms with Gasteiger partial charge in [-0.05, 0) is 50.6 Å². The predicted molar refractivity (Wildman–Crippen MR) is 99.5 cm³/mol. The van der Waals surface area contributed by atoms with Crippen molar-refractivity contribution in [3.8, 4) is 5.75 Å². The Balaban J connectivity index is 1.82. The van der Waals surface area contributed by atoms with E-state index < -0.39 is 11.5 Å². The van der Waals surface area contributed by atoms with E-state index >= 15 is 0 Å². The topological polar surface area (TPSA) is 72.7 Å². The van der Waals surface area contributed by atoms with Crippen molar-refractivity contribution in [2.24, 2.45) is 0 Å². The molecule has 0 radical (unpaired) electrons. The first-order chi connectivity index (χ1) is 12.5. The van der Waals surface area contributed by atoms with Crippen LogP contribution in [0.25, 0.3) is 5.65 Å². The number of amides is 1. The third-order valence-corrected chi connectivity index (χ3v) is 3.94. The summed E-state index contributed by atoms with van der Waals surface area (Å²) in [6.45, 7) is 5.77. The molecule has 1 atom stereocenters. The maximum atomic E-state index is 12.6. The zero-order valence-electron chi connectivity index (χ0n) is 15.0. The highest BCUT2D eigenvalue weighted by Gasteiger charge is 2.16. The van der Waals surface area contributed by atoms with E-state index in [0.29, 0.717) is 5.65 Å². The molecule has 26 heavy (non-hydrogen) atoms. The second kappa shape index (κ2) is 7.39. The van der Waals surface area contributed by atoms with Crippen molar-refractivity contribution >= 4 is 11.6 Å². The second-order valence-electron chi connectivity index (χ2n) is 6.34. The third kappa shape index (κ3) is 3.74. The van der Waals surface area contributed by atoms with Gasteiger partial charge in [-0.1, -0.05) is 18.2 Å². The molecule has 134 valence electrons. The summed E-state index contributed by atoms with van der Waals surface area (Å²) in [5.41, 5.74) is 1.01. The number of nitrogens with one attached hydrogen (secondary N) is 1. The molecule has 2 heterocycles. The molecule has 0 aliphatic heterocycles. The lowest BCUT2D eigenvalue weighted by Gasteiger charge is -2.16. The second-order valence-corrected chi connectivity index (χ2v) is 6.34. The molecule has 1 N–H and O–H groups in total. The monoisotopic (exact) mass is 351 g/mol. The summed E-state index contributed by atoms with van der Waals surface area (Å²) in [4.78, 5) is 29.2. The van der Waals surface area contributed by atoms with Crippen LogP contribution in [0, 0.1) is 0 Å². The van der Waals surface area contributed by atoms with Crippen LogP contribution in [0.2, 0.25) is 0 Å². The predicted octanol–water partition coefficient (Wildman–Crippen LogP) is 2.97. The summed E-state index contributed by atoms with van der Waals surface area (Å²) in [6, 6.07) is 12.5. The van der Waals surface area contributed by atoms with Crippen LogP contribution in [0.4, 0.5) is 0 Å². The Morgan fingerprint density at radius 2 is 1.96 bits per heavy atom. The van der Waals surface area contributed by atoms with Crippen LogP contribution in [-0.4, -0.2) is 21.4 Å². The van der Waals surface area contributed by atoms with Crippen LogP contribution in [-0.2, 0) is 0 Å². The van der Waals surface area contributed by atoms with Crippen LogP contribution in [0.15, 0.2) is 59.7 Å². The van der Waals surface area contributed by atoms with Crippen molar-refractivity contribution in [3.05, 3.63) is 76.3 Å². The van der Waals surface area contributed by atoms with Gasteiger partial charge in [0.1, 0.15) is 17.0 Å². The lowest BCUT2D eigenvalue weighted by molar-refractivity contribution is 0.0937. The van der Waals surface area contributed by atoms with Crippen LogP contribution < -0.4 is 15.6 Å². The number of ether oxygens (including phenoxy) is 1. The molecule has 3 rings (SSSR count). The number of pyridine rings is 1. The van der Waals surface area contributed by atoms with Gasteiger partial charge in [0.2, 0.25) is 0 Å². The fourth-order valence-electron chi connectivity index (χ4n) is 2.67. The number of carbonyl (C=O) groups excluding carboxylic acids is 1. The molecule has 0 aliphatic rings. The summed E-state index contributed by atoms with van der Waals surface area (Å²) < 4.78 is 7.04. The van der Waals surface area contributed by atoms with Gasteiger partial charge < -0.3 is 10.1 Å². The van der Waals surface area contributed by atoms with E-state index in [1.165, 1.54) is 10.6 Å². The quantitative estimate of drug-likeness (QED) is 0.767. The minimum Gasteiger partial charge on any atom is -0.491 e. The molecule has 2 aromatic heterocycles. The largest absolute Gasteiger partial charge is 0.491 e. The molecule has 0 aliphatic carbocycles. The molecule has 1 aromatic carbocycles. The molecule has 6 heteroatoms. The number of hydrogen-bond donors (Lipinski definition) is 1. The normalized spacial score (nSPS) is 12.2. The molecule has 6 nitrogen and oxygen atoms in total. The van der Waals surface area contributed by atoms with Gasteiger partial charge in [0, 0.05) is 12.4 Å². The lowest BCUT2D eigenvalue weighted by Crippen LogP contribution is -2.33. The number of benzene rings is 1. The number of hydrogen-bond acceptors (Lipinski definition) is 4. The van der Waals surface area contributed by atoms with Gasteiger partial charge in [-0.15, -0.1) is 0 Å². The van der Waals surface area contributed by atoms with E-state index in [1.54, 1.807) is 24.4 Å². The number of nitrogens with zero attached hydrogens (tertiary/aromatic N) is 2. The molecule has 1 amide bonds. The first-order valence-corrected chi connectivity index (χ1v) is 8.49. The van der Waals surface area contributed by atoms with Crippen molar-refractivity contribution in [1.29, 1.82) is 0 Å². The van der Waals surface area contributed by atoms with Crippen LogP contribution in [0.3, 0.4) is 0 Å². The lowest BCUT2D eigenvalue weighted by atomic mass is 10.1. The maximum Gasteiger partial charge on any atom is 0.270 e. The number of fused-ring (bicyclic) bond motifs is 1. The Morgan fingerprint density at radius 1 is 1.15 bits per heavy atom. The summed E-state index contributed by atoms with van der Waals surface area (Å²) in [6.07, 6.45) is 2.98. The molecular formula is C20H21N3O3. The van der Waals surface area contributed by atoms with E-state index in [2.05, 4.69) is 10.3 Å². The zero-order chi connectivity index (χ0) is 18.7. The van der Waals surface area contributed by atoms with Gasteiger partial charge in [-0.25, -0.2) is 4.98 Å². The average molecular weight is 351 g/mol. The van der Waals surface area contributed by atoms with Crippen molar-refractivity contribution in [2.75, 3.05) is 0 Å². The van der Waals surface area contributed by atoms with E-state index in [9.17, 15) is 9.59 Å². The van der Waals surface area contributed by atoms with E-state index in [4.69, 9.17) is 4.74 Å². The van der Waals surface area contributed by atoms with Crippen molar-refractivity contribution in [2.45, 2.75) is 32.9 Å². The number of rotatable bonds is 5. The first kappa shape index (κ1) is 17.7. The highest BCUT2D eigenvalue weighted by atomic mass is 16.5.